The summed E-state index contributed by atoms with van der Waals surface area (Å²) in [6.45, 7) is 4.80. The summed E-state index contributed by atoms with van der Waals surface area (Å²) < 4.78 is 16.6. The molecule has 0 bridgehead atoms. The van der Waals surface area contributed by atoms with Crippen molar-refractivity contribution in [2.45, 2.75) is 39.4 Å². The van der Waals surface area contributed by atoms with Gasteiger partial charge >= 0.3 is 5.97 Å². The lowest BCUT2D eigenvalue weighted by Crippen LogP contribution is -2.28. The summed E-state index contributed by atoms with van der Waals surface area (Å²) in [6, 6.07) is 17.3. The highest BCUT2D eigenvalue weighted by molar-refractivity contribution is 5.75. The molecule has 1 unspecified atom stereocenters. The number of carbonyl (C=O) groups excluding carboxylic acids is 1. The van der Waals surface area contributed by atoms with Crippen LogP contribution < -0.4 is 9.47 Å². The van der Waals surface area contributed by atoms with Crippen LogP contribution in [0.4, 0.5) is 0 Å². The molecule has 0 aliphatic heterocycles. The van der Waals surface area contributed by atoms with Crippen LogP contribution in [0.2, 0.25) is 0 Å². The average Bonchev–Trinajstić information content (AvgIpc) is 2.64. The summed E-state index contributed by atoms with van der Waals surface area (Å²) >= 11 is 0. The van der Waals surface area contributed by atoms with Gasteiger partial charge in [-0.05, 0) is 42.7 Å². The van der Waals surface area contributed by atoms with Crippen LogP contribution in [-0.2, 0) is 16.1 Å². The first kappa shape index (κ1) is 17.9. The number of ether oxygens (including phenoxy) is 3. The first-order valence-electron chi connectivity index (χ1n) is 8.33. The minimum Gasteiger partial charge on any atom is -0.489 e. The maximum Gasteiger partial charge on any atom is 0.347 e. The van der Waals surface area contributed by atoms with Crippen molar-refractivity contribution < 1.29 is 19.0 Å². The van der Waals surface area contributed by atoms with E-state index in [1.165, 1.54) is 0 Å². The van der Waals surface area contributed by atoms with Gasteiger partial charge in [0, 0.05) is 0 Å². The molecular weight excluding hydrogens is 304 g/mol. The Morgan fingerprint density at radius 1 is 0.958 bits per heavy atom. The van der Waals surface area contributed by atoms with Crippen LogP contribution in [-0.4, -0.2) is 18.7 Å². The van der Waals surface area contributed by atoms with E-state index in [0.717, 1.165) is 17.7 Å². The minimum atomic E-state index is -0.576. The van der Waals surface area contributed by atoms with Crippen LogP contribution in [0.15, 0.2) is 54.6 Å². The fraction of sp³-hybridized carbons (Fsp3) is 0.350. The summed E-state index contributed by atoms with van der Waals surface area (Å²) in [7, 11) is 0. The Labute approximate surface area is 143 Å². The molecule has 0 aromatic heterocycles. The third-order valence-corrected chi connectivity index (χ3v) is 3.43. The Bertz CT molecular complexity index is 607. The van der Waals surface area contributed by atoms with Crippen LogP contribution >= 0.6 is 0 Å². The highest BCUT2D eigenvalue weighted by Gasteiger charge is 2.19. The third kappa shape index (κ3) is 5.61. The van der Waals surface area contributed by atoms with Gasteiger partial charge in [0.25, 0.3) is 0 Å². The molecule has 4 nitrogen and oxygen atoms in total. The smallest absolute Gasteiger partial charge is 0.347 e. The first-order valence-corrected chi connectivity index (χ1v) is 8.33. The number of hydrogen-bond donors (Lipinski definition) is 0. The van der Waals surface area contributed by atoms with Crippen molar-refractivity contribution >= 4 is 5.97 Å². The molecule has 0 amide bonds. The SMILES string of the molecule is CCCOC(=O)C(CC)Oc1ccc(OCc2ccccc2)cc1. The van der Waals surface area contributed by atoms with E-state index in [0.29, 0.717) is 25.4 Å². The average molecular weight is 328 g/mol. The topological polar surface area (TPSA) is 44.8 Å². The molecule has 0 aliphatic rings. The normalized spacial score (nSPS) is 11.6. The van der Waals surface area contributed by atoms with Gasteiger partial charge in [-0.2, -0.15) is 0 Å². The molecular formula is C20H24O4. The van der Waals surface area contributed by atoms with Gasteiger partial charge in [0.05, 0.1) is 6.61 Å². The van der Waals surface area contributed by atoms with Gasteiger partial charge in [0.1, 0.15) is 18.1 Å². The molecule has 2 rings (SSSR count). The molecule has 1 atom stereocenters. The van der Waals surface area contributed by atoms with E-state index in [1.54, 1.807) is 12.1 Å². The Kier molecular flexibility index (Phi) is 7.15. The van der Waals surface area contributed by atoms with E-state index in [-0.39, 0.29) is 5.97 Å². The molecule has 4 heteroatoms. The Balaban J connectivity index is 1.87. The molecule has 2 aromatic rings. The molecule has 128 valence electrons. The molecule has 2 aromatic carbocycles. The van der Waals surface area contributed by atoms with Gasteiger partial charge in [-0.15, -0.1) is 0 Å². The van der Waals surface area contributed by atoms with Crippen LogP contribution in [0, 0.1) is 0 Å². The summed E-state index contributed by atoms with van der Waals surface area (Å²) in [4.78, 5) is 11.9. The van der Waals surface area contributed by atoms with E-state index in [9.17, 15) is 4.79 Å². The lowest BCUT2D eigenvalue weighted by atomic mass is 10.2. The number of benzene rings is 2. The standard InChI is InChI=1S/C20H24O4/c1-3-14-22-20(21)19(4-2)24-18-12-10-17(11-13-18)23-15-16-8-6-5-7-9-16/h5-13,19H,3-4,14-15H2,1-2H3. The van der Waals surface area contributed by atoms with Crippen LogP contribution in [0.3, 0.4) is 0 Å². The predicted octanol–water partition coefficient (Wildman–Crippen LogP) is 4.38. The summed E-state index contributed by atoms with van der Waals surface area (Å²) in [5.41, 5.74) is 1.11. The lowest BCUT2D eigenvalue weighted by Gasteiger charge is -2.16. The van der Waals surface area contributed by atoms with E-state index < -0.39 is 6.10 Å². The van der Waals surface area contributed by atoms with E-state index >= 15 is 0 Å². The maximum atomic E-state index is 11.9. The number of hydrogen-bond acceptors (Lipinski definition) is 4. The summed E-state index contributed by atoms with van der Waals surface area (Å²) in [6.07, 6.45) is 0.789. The Hall–Kier alpha value is -2.49. The summed E-state index contributed by atoms with van der Waals surface area (Å²) in [5, 5.41) is 0. The molecule has 0 fully saturated rings. The van der Waals surface area contributed by atoms with Crippen molar-refractivity contribution in [2.75, 3.05) is 6.61 Å². The van der Waals surface area contributed by atoms with Crippen molar-refractivity contribution in [3.63, 3.8) is 0 Å². The van der Waals surface area contributed by atoms with Gasteiger partial charge < -0.3 is 14.2 Å². The third-order valence-electron chi connectivity index (χ3n) is 3.43. The quantitative estimate of drug-likeness (QED) is 0.641. The van der Waals surface area contributed by atoms with Crippen LogP contribution in [0.25, 0.3) is 0 Å². The van der Waals surface area contributed by atoms with Crippen LogP contribution in [0.5, 0.6) is 11.5 Å². The molecule has 0 saturated carbocycles. The highest BCUT2D eigenvalue weighted by atomic mass is 16.6. The zero-order valence-corrected chi connectivity index (χ0v) is 14.2. The van der Waals surface area contributed by atoms with Crippen molar-refractivity contribution in [3.8, 4) is 11.5 Å². The van der Waals surface area contributed by atoms with Crippen molar-refractivity contribution in [1.82, 2.24) is 0 Å². The van der Waals surface area contributed by atoms with Gasteiger partial charge in [-0.1, -0.05) is 44.2 Å². The summed E-state index contributed by atoms with van der Waals surface area (Å²) in [5.74, 6) is 1.07. The second-order valence-electron chi connectivity index (χ2n) is 5.43. The Morgan fingerprint density at radius 2 is 1.62 bits per heavy atom. The number of rotatable bonds is 9. The van der Waals surface area contributed by atoms with Crippen molar-refractivity contribution in [3.05, 3.63) is 60.2 Å². The van der Waals surface area contributed by atoms with E-state index in [1.807, 2.05) is 56.3 Å². The maximum absolute atomic E-state index is 11.9. The molecule has 0 saturated heterocycles. The Morgan fingerprint density at radius 3 is 2.25 bits per heavy atom. The van der Waals surface area contributed by atoms with E-state index in [2.05, 4.69) is 0 Å². The van der Waals surface area contributed by atoms with Gasteiger partial charge in [-0.3, -0.25) is 0 Å². The lowest BCUT2D eigenvalue weighted by molar-refractivity contribution is -0.152. The first-order chi connectivity index (χ1) is 11.7. The zero-order valence-electron chi connectivity index (χ0n) is 14.2. The highest BCUT2D eigenvalue weighted by Crippen LogP contribution is 2.20. The van der Waals surface area contributed by atoms with Crippen molar-refractivity contribution in [1.29, 1.82) is 0 Å². The zero-order chi connectivity index (χ0) is 17.2. The molecule has 0 radical (unpaired) electrons. The molecule has 0 heterocycles. The van der Waals surface area contributed by atoms with Crippen LogP contribution in [0.1, 0.15) is 32.3 Å². The van der Waals surface area contributed by atoms with Gasteiger partial charge in [0.2, 0.25) is 0 Å². The largest absolute Gasteiger partial charge is 0.489 e. The monoisotopic (exact) mass is 328 g/mol. The van der Waals surface area contributed by atoms with Gasteiger partial charge in [0.15, 0.2) is 6.10 Å². The van der Waals surface area contributed by atoms with Crippen molar-refractivity contribution in [2.24, 2.45) is 0 Å². The second-order valence-corrected chi connectivity index (χ2v) is 5.43. The van der Waals surface area contributed by atoms with E-state index in [4.69, 9.17) is 14.2 Å². The molecule has 0 aliphatic carbocycles. The number of esters is 1. The molecule has 24 heavy (non-hydrogen) atoms. The fourth-order valence-electron chi connectivity index (χ4n) is 2.11. The van der Waals surface area contributed by atoms with Gasteiger partial charge in [-0.25, -0.2) is 4.79 Å². The molecule has 0 spiro atoms. The minimum absolute atomic E-state index is 0.316. The second kappa shape index (κ2) is 9.60. The molecule has 0 N–H and O–H groups in total. The fourth-order valence-corrected chi connectivity index (χ4v) is 2.11. The predicted molar refractivity (Wildman–Crippen MR) is 93.2 cm³/mol. The number of carbonyl (C=O) groups is 1.